The molecule has 0 saturated carbocycles. The Bertz CT molecular complexity index is 1050. The second-order valence-electron chi connectivity index (χ2n) is 5.63. The van der Waals surface area contributed by atoms with E-state index in [1.165, 1.54) is 23.5 Å². The zero-order valence-corrected chi connectivity index (χ0v) is 17.1. The standard InChI is InChI=1S/C17H15Cl2N3O2S2/c1-10-6-16(14(19)7-13(10)18)26(23,24)21-9-15-11(2)22-17(25-15)12-4-3-5-20-8-12/h3-8,21H,9H2,1-2H3. The molecule has 5 nitrogen and oxygen atoms in total. The number of sulfonamides is 1. The Morgan fingerprint density at radius 2 is 1.96 bits per heavy atom. The molecule has 3 rings (SSSR count). The Morgan fingerprint density at radius 3 is 2.65 bits per heavy atom. The molecular formula is C17H15Cl2N3O2S2. The number of pyridine rings is 1. The molecule has 26 heavy (non-hydrogen) atoms. The van der Waals surface area contributed by atoms with Gasteiger partial charge >= 0.3 is 0 Å². The van der Waals surface area contributed by atoms with E-state index in [2.05, 4.69) is 14.7 Å². The molecule has 9 heteroatoms. The molecule has 0 bridgehead atoms. The van der Waals surface area contributed by atoms with Gasteiger partial charge in [0.15, 0.2) is 0 Å². The van der Waals surface area contributed by atoms with Crippen LogP contribution in [0.2, 0.25) is 10.0 Å². The van der Waals surface area contributed by atoms with E-state index in [9.17, 15) is 8.42 Å². The summed E-state index contributed by atoms with van der Waals surface area (Å²) in [6, 6.07) is 6.65. The molecule has 0 atom stereocenters. The van der Waals surface area contributed by atoms with Gasteiger partial charge in [0, 0.05) is 34.4 Å². The van der Waals surface area contributed by atoms with Crippen LogP contribution in [0.4, 0.5) is 0 Å². The first-order chi connectivity index (χ1) is 12.3. The zero-order chi connectivity index (χ0) is 18.9. The van der Waals surface area contributed by atoms with Crippen molar-refractivity contribution in [2.75, 3.05) is 0 Å². The Kier molecular flexibility index (Phi) is 5.64. The molecular weight excluding hydrogens is 413 g/mol. The minimum atomic E-state index is -3.77. The van der Waals surface area contributed by atoms with Crippen molar-refractivity contribution in [2.45, 2.75) is 25.3 Å². The minimum absolute atomic E-state index is 0.00992. The van der Waals surface area contributed by atoms with Gasteiger partial charge in [-0.15, -0.1) is 11.3 Å². The highest BCUT2D eigenvalue weighted by Crippen LogP contribution is 2.30. The van der Waals surface area contributed by atoms with E-state index in [4.69, 9.17) is 23.2 Å². The van der Waals surface area contributed by atoms with Crippen molar-refractivity contribution < 1.29 is 8.42 Å². The molecule has 0 amide bonds. The number of nitrogens with zero attached hydrogens (tertiary/aromatic N) is 2. The van der Waals surface area contributed by atoms with Gasteiger partial charge in [0.1, 0.15) is 9.90 Å². The second kappa shape index (κ2) is 7.62. The topological polar surface area (TPSA) is 72.0 Å². The van der Waals surface area contributed by atoms with Crippen molar-refractivity contribution in [2.24, 2.45) is 0 Å². The number of nitrogens with one attached hydrogen (secondary N) is 1. The lowest BCUT2D eigenvalue weighted by Gasteiger charge is -2.09. The number of aromatic nitrogens is 2. The molecule has 0 spiro atoms. The average molecular weight is 428 g/mol. The van der Waals surface area contributed by atoms with Crippen LogP contribution >= 0.6 is 34.5 Å². The lowest BCUT2D eigenvalue weighted by Crippen LogP contribution is -2.23. The predicted octanol–water partition coefficient (Wildman–Crippen LogP) is 4.61. The normalized spacial score (nSPS) is 11.7. The minimum Gasteiger partial charge on any atom is -0.264 e. The van der Waals surface area contributed by atoms with Crippen LogP contribution in [0, 0.1) is 13.8 Å². The van der Waals surface area contributed by atoms with E-state index in [-0.39, 0.29) is 16.5 Å². The molecule has 0 fully saturated rings. The van der Waals surface area contributed by atoms with Crippen molar-refractivity contribution in [1.82, 2.24) is 14.7 Å². The van der Waals surface area contributed by atoms with Gasteiger partial charge in [0.25, 0.3) is 0 Å². The van der Waals surface area contributed by atoms with Gasteiger partial charge in [-0.3, -0.25) is 4.98 Å². The number of aryl methyl sites for hydroxylation is 2. The van der Waals surface area contributed by atoms with E-state index in [1.54, 1.807) is 19.3 Å². The van der Waals surface area contributed by atoms with Gasteiger partial charge in [-0.2, -0.15) is 0 Å². The Balaban J connectivity index is 1.83. The molecule has 0 aliphatic rings. The van der Waals surface area contributed by atoms with Gasteiger partial charge in [-0.1, -0.05) is 23.2 Å². The lowest BCUT2D eigenvalue weighted by molar-refractivity contribution is 0.581. The Morgan fingerprint density at radius 1 is 1.19 bits per heavy atom. The highest BCUT2D eigenvalue weighted by molar-refractivity contribution is 7.89. The lowest BCUT2D eigenvalue weighted by atomic mass is 10.2. The number of benzene rings is 1. The smallest absolute Gasteiger partial charge is 0.242 e. The van der Waals surface area contributed by atoms with Crippen LogP contribution < -0.4 is 4.72 Å². The first kappa shape index (κ1) is 19.3. The molecule has 2 aromatic heterocycles. The van der Waals surface area contributed by atoms with E-state index < -0.39 is 10.0 Å². The molecule has 1 N–H and O–H groups in total. The van der Waals surface area contributed by atoms with E-state index in [1.807, 2.05) is 19.1 Å². The number of rotatable bonds is 5. The summed E-state index contributed by atoms with van der Waals surface area (Å²) in [5.41, 5.74) is 2.31. The summed E-state index contributed by atoms with van der Waals surface area (Å²) in [7, 11) is -3.77. The summed E-state index contributed by atoms with van der Waals surface area (Å²) in [6.07, 6.45) is 3.42. The summed E-state index contributed by atoms with van der Waals surface area (Å²) in [5, 5.41) is 1.31. The zero-order valence-electron chi connectivity index (χ0n) is 14.0. The van der Waals surface area contributed by atoms with Crippen LogP contribution in [-0.4, -0.2) is 18.4 Å². The third kappa shape index (κ3) is 4.07. The number of hydrogen-bond acceptors (Lipinski definition) is 5. The molecule has 1 aromatic carbocycles. The molecule has 0 aliphatic carbocycles. The maximum Gasteiger partial charge on any atom is 0.242 e. The van der Waals surface area contributed by atoms with Gasteiger partial charge in [0.05, 0.1) is 10.7 Å². The maximum absolute atomic E-state index is 12.6. The first-order valence-corrected chi connectivity index (χ1v) is 10.7. The van der Waals surface area contributed by atoms with Crippen molar-refractivity contribution in [3.05, 3.63) is 62.8 Å². The maximum atomic E-state index is 12.6. The predicted molar refractivity (Wildman–Crippen MR) is 105 cm³/mol. The third-order valence-electron chi connectivity index (χ3n) is 3.73. The van der Waals surface area contributed by atoms with Gasteiger partial charge in [-0.05, 0) is 43.7 Å². The fourth-order valence-corrected chi connectivity index (χ4v) is 5.19. The van der Waals surface area contributed by atoms with Crippen LogP contribution in [0.3, 0.4) is 0 Å². The first-order valence-electron chi connectivity index (χ1n) is 7.60. The van der Waals surface area contributed by atoms with Gasteiger partial charge in [-0.25, -0.2) is 18.1 Å². The van der Waals surface area contributed by atoms with Crippen molar-refractivity contribution in [3.63, 3.8) is 0 Å². The quantitative estimate of drug-likeness (QED) is 0.645. The number of halogens is 2. The molecule has 0 saturated heterocycles. The fraction of sp³-hybridized carbons (Fsp3) is 0.176. The summed E-state index contributed by atoms with van der Waals surface area (Å²) in [5.74, 6) is 0. The van der Waals surface area contributed by atoms with Crippen molar-refractivity contribution in [3.8, 4) is 10.6 Å². The number of thiazole rings is 1. The van der Waals surface area contributed by atoms with E-state index in [0.717, 1.165) is 21.1 Å². The molecule has 0 radical (unpaired) electrons. The summed E-state index contributed by atoms with van der Waals surface area (Å²) >= 11 is 13.5. The summed E-state index contributed by atoms with van der Waals surface area (Å²) in [6.45, 7) is 3.70. The van der Waals surface area contributed by atoms with Crippen LogP contribution in [0.5, 0.6) is 0 Å². The van der Waals surface area contributed by atoms with E-state index >= 15 is 0 Å². The second-order valence-corrected chi connectivity index (χ2v) is 9.26. The Hall–Kier alpha value is -1.51. The molecule has 3 aromatic rings. The summed E-state index contributed by atoms with van der Waals surface area (Å²) < 4.78 is 27.8. The van der Waals surface area contributed by atoms with Crippen LogP contribution in [0.25, 0.3) is 10.6 Å². The number of hydrogen-bond donors (Lipinski definition) is 1. The van der Waals surface area contributed by atoms with Crippen LogP contribution in [-0.2, 0) is 16.6 Å². The van der Waals surface area contributed by atoms with Crippen LogP contribution in [0.15, 0.2) is 41.6 Å². The Labute approximate surface area is 166 Å². The third-order valence-corrected chi connectivity index (χ3v) is 7.21. The van der Waals surface area contributed by atoms with Crippen LogP contribution in [0.1, 0.15) is 16.1 Å². The van der Waals surface area contributed by atoms with Crippen molar-refractivity contribution >= 4 is 44.6 Å². The average Bonchev–Trinajstić information content (AvgIpc) is 2.98. The molecule has 136 valence electrons. The highest BCUT2D eigenvalue weighted by Gasteiger charge is 2.20. The van der Waals surface area contributed by atoms with Gasteiger partial charge < -0.3 is 0 Å². The van der Waals surface area contributed by atoms with Crippen molar-refractivity contribution in [1.29, 1.82) is 0 Å². The molecule has 0 unspecified atom stereocenters. The largest absolute Gasteiger partial charge is 0.264 e. The van der Waals surface area contributed by atoms with E-state index in [0.29, 0.717) is 10.6 Å². The monoisotopic (exact) mass is 427 g/mol. The molecule has 2 heterocycles. The SMILES string of the molecule is Cc1cc(S(=O)(=O)NCc2sc(-c3cccnc3)nc2C)c(Cl)cc1Cl. The highest BCUT2D eigenvalue weighted by atomic mass is 35.5. The fourth-order valence-electron chi connectivity index (χ4n) is 2.28. The van der Waals surface area contributed by atoms with Gasteiger partial charge in [0.2, 0.25) is 10.0 Å². The summed E-state index contributed by atoms with van der Waals surface area (Å²) in [4.78, 5) is 9.42. The molecule has 0 aliphatic heterocycles.